The molecule has 1 aliphatic heterocycles. The molecular formula is C22H36N6O8Si. The van der Waals surface area contributed by atoms with E-state index in [1.165, 1.54) is 24.3 Å². The number of esters is 1. The van der Waals surface area contributed by atoms with E-state index in [1.54, 1.807) is 6.92 Å². The first-order chi connectivity index (χ1) is 17.2. The lowest BCUT2D eigenvalue weighted by Crippen LogP contribution is -2.54. The summed E-state index contributed by atoms with van der Waals surface area (Å²) in [5, 5.41) is 35.1. The number of ether oxygens (including phenoxy) is 2. The van der Waals surface area contributed by atoms with Crippen molar-refractivity contribution in [3.8, 4) is 0 Å². The molecular weight excluding hydrogens is 504 g/mol. The summed E-state index contributed by atoms with van der Waals surface area (Å²) in [4.78, 5) is 37.8. The Balaban J connectivity index is 1.79. The zero-order chi connectivity index (χ0) is 27.7. The number of nitrogens with zero attached hydrogens (tertiary/aromatic N) is 4. The van der Waals surface area contributed by atoms with E-state index in [2.05, 4.69) is 46.4 Å². The highest BCUT2D eigenvalue weighted by Crippen LogP contribution is 2.37. The second kappa shape index (κ2) is 11.0. The number of carbonyl (C=O) groups excluding carboxylic acids is 2. The molecule has 5 N–H and O–H groups in total. The van der Waals surface area contributed by atoms with Crippen molar-refractivity contribution >= 4 is 37.3 Å². The van der Waals surface area contributed by atoms with Crippen LogP contribution in [0, 0.1) is 0 Å². The Morgan fingerprint density at radius 1 is 1.19 bits per heavy atom. The van der Waals surface area contributed by atoms with Crippen LogP contribution in [0.5, 0.6) is 0 Å². The van der Waals surface area contributed by atoms with Gasteiger partial charge >= 0.3 is 12.0 Å². The minimum absolute atomic E-state index is 0.0358. The lowest BCUT2D eigenvalue weighted by Gasteiger charge is -2.39. The highest BCUT2D eigenvalue weighted by Gasteiger charge is 2.42. The van der Waals surface area contributed by atoms with E-state index in [4.69, 9.17) is 13.9 Å². The number of anilines is 1. The second-order valence-corrected chi connectivity index (χ2v) is 15.3. The number of hydrogen-bond acceptors (Lipinski definition) is 11. The van der Waals surface area contributed by atoms with Crippen molar-refractivity contribution in [2.45, 2.75) is 82.5 Å². The zero-order valence-corrected chi connectivity index (χ0v) is 23.0. The minimum atomic E-state index is -2.26. The van der Waals surface area contributed by atoms with E-state index >= 15 is 0 Å². The molecule has 37 heavy (non-hydrogen) atoms. The number of carbonyl (C=O) groups is 2. The predicted octanol–water partition coefficient (Wildman–Crippen LogP) is 0.511. The molecule has 0 aliphatic carbocycles. The van der Waals surface area contributed by atoms with Gasteiger partial charge < -0.3 is 34.5 Å². The molecule has 2 aromatic heterocycles. The van der Waals surface area contributed by atoms with E-state index in [-0.39, 0.29) is 28.6 Å². The summed E-state index contributed by atoms with van der Waals surface area (Å²) in [6.45, 7) is 11.8. The number of urea groups is 1. The van der Waals surface area contributed by atoms with Gasteiger partial charge in [0.15, 0.2) is 37.6 Å². The number of amides is 2. The summed E-state index contributed by atoms with van der Waals surface area (Å²) < 4.78 is 18.0. The molecule has 0 spiro atoms. The SMILES string of the molecule is COC(=O)[C@@H](NC(=O)Nc1ncnc2c1ncn2[C@H]1OC[C@@H](O)[C@H](O)[C@H]1O)[C@@H](C)O[Si](C)(C)C(C)(C)C. The molecule has 15 heteroatoms. The van der Waals surface area contributed by atoms with E-state index in [9.17, 15) is 24.9 Å². The lowest BCUT2D eigenvalue weighted by molar-refractivity contribution is -0.210. The molecule has 3 heterocycles. The summed E-state index contributed by atoms with van der Waals surface area (Å²) in [6.07, 6.45) is -3.36. The fourth-order valence-electron chi connectivity index (χ4n) is 3.65. The Kier molecular flexibility index (Phi) is 8.56. The van der Waals surface area contributed by atoms with Gasteiger partial charge in [0.1, 0.15) is 24.6 Å². The average molecular weight is 541 g/mol. The van der Waals surface area contributed by atoms with Crippen LogP contribution in [-0.2, 0) is 18.7 Å². The molecule has 1 saturated heterocycles. The fraction of sp³-hybridized carbons (Fsp3) is 0.682. The summed E-state index contributed by atoms with van der Waals surface area (Å²) in [5.74, 6) is -0.628. The molecule has 1 aliphatic rings. The van der Waals surface area contributed by atoms with Gasteiger partial charge in [-0.05, 0) is 25.1 Å². The highest BCUT2D eigenvalue weighted by atomic mass is 28.4. The molecule has 2 amide bonds. The van der Waals surface area contributed by atoms with Crippen LogP contribution in [-0.4, -0.2) is 99.3 Å². The van der Waals surface area contributed by atoms with Crippen LogP contribution in [0.1, 0.15) is 33.9 Å². The summed E-state index contributed by atoms with van der Waals surface area (Å²) >= 11 is 0. The largest absolute Gasteiger partial charge is 0.467 e. The van der Waals surface area contributed by atoms with Gasteiger partial charge in [-0.25, -0.2) is 24.5 Å². The van der Waals surface area contributed by atoms with E-state index < -0.39 is 57.0 Å². The van der Waals surface area contributed by atoms with Gasteiger partial charge in [0.05, 0.1) is 26.1 Å². The fourth-order valence-corrected chi connectivity index (χ4v) is 5.07. The van der Waals surface area contributed by atoms with Crippen LogP contribution >= 0.6 is 0 Å². The first-order valence-corrected chi connectivity index (χ1v) is 14.7. The molecule has 206 valence electrons. The molecule has 0 aromatic carbocycles. The number of aliphatic hydroxyl groups is 3. The standard InChI is InChI=1S/C22H36N6O8Si/c1-11(36-37(6,7)22(2,3)4)13(20(32)34-5)26-21(33)27-17-14-18(24-9-23-17)28(10-25-14)19-16(31)15(30)12(29)8-35-19/h9-13,15-16,19,29-31H,8H2,1-7H3,(H2,23,24,26,27,33)/t11-,12-,13+,15+,16-,19+/m1/s1. The maximum atomic E-state index is 12.9. The van der Waals surface area contributed by atoms with Crippen LogP contribution in [0.15, 0.2) is 12.7 Å². The number of imidazole rings is 1. The van der Waals surface area contributed by atoms with Crippen LogP contribution in [0.25, 0.3) is 11.2 Å². The third-order valence-corrected chi connectivity index (χ3v) is 11.4. The molecule has 14 nitrogen and oxygen atoms in total. The molecule has 1 fully saturated rings. The number of nitrogens with one attached hydrogen (secondary N) is 2. The average Bonchev–Trinajstić information content (AvgIpc) is 3.24. The Labute approximate surface area is 215 Å². The molecule has 3 rings (SSSR count). The monoisotopic (exact) mass is 540 g/mol. The van der Waals surface area contributed by atoms with Crippen molar-refractivity contribution in [3.63, 3.8) is 0 Å². The Morgan fingerprint density at radius 2 is 1.86 bits per heavy atom. The maximum absolute atomic E-state index is 12.9. The first kappa shape index (κ1) is 28.9. The van der Waals surface area contributed by atoms with Crippen LogP contribution in [0.2, 0.25) is 18.1 Å². The number of methoxy groups -OCH3 is 1. The third-order valence-electron chi connectivity index (χ3n) is 6.84. The van der Waals surface area contributed by atoms with Crippen molar-refractivity contribution < 1.29 is 38.8 Å². The van der Waals surface area contributed by atoms with Gasteiger partial charge in [-0.1, -0.05) is 20.8 Å². The molecule has 0 bridgehead atoms. The third kappa shape index (κ3) is 6.07. The van der Waals surface area contributed by atoms with Crippen molar-refractivity contribution in [1.29, 1.82) is 0 Å². The molecule has 2 aromatic rings. The maximum Gasteiger partial charge on any atom is 0.331 e. The van der Waals surface area contributed by atoms with Crippen molar-refractivity contribution in [1.82, 2.24) is 24.8 Å². The van der Waals surface area contributed by atoms with Crippen LogP contribution in [0.3, 0.4) is 0 Å². The number of fused-ring (bicyclic) bond motifs is 1. The number of hydrogen-bond donors (Lipinski definition) is 5. The normalized spacial score (nSPS) is 24.4. The predicted molar refractivity (Wildman–Crippen MR) is 134 cm³/mol. The summed E-state index contributed by atoms with van der Waals surface area (Å²) in [7, 11) is -1.03. The Morgan fingerprint density at radius 3 is 2.49 bits per heavy atom. The van der Waals surface area contributed by atoms with Gasteiger partial charge in [0, 0.05) is 0 Å². The first-order valence-electron chi connectivity index (χ1n) is 11.8. The van der Waals surface area contributed by atoms with Gasteiger partial charge in [-0.3, -0.25) is 9.88 Å². The molecule has 0 saturated carbocycles. The van der Waals surface area contributed by atoms with Gasteiger partial charge in [-0.15, -0.1) is 0 Å². The van der Waals surface area contributed by atoms with E-state index in [0.29, 0.717) is 0 Å². The second-order valence-electron chi connectivity index (χ2n) is 10.5. The van der Waals surface area contributed by atoms with E-state index in [0.717, 1.165) is 0 Å². The van der Waals surface area contributed by atoms with Gasteiger partial charge in [0.25, 0.3) is 0 Å². The van der Waals surface area contributed by atoms with Gasteiger partial charge in [0.2, 0.25) is 0 Å². The lowest BCUT2D eigenvalue weighted by atomic mass is 10.0. The summed E-state index contributed by atoms with van der Waals surface area (Å²) in [5.41, 5.74) is 0.381. The van der Waals surface area contributed by atoms with Crippen molar-refractivity contribution in [2.75, 3.05) is 19.0 Å². The number of rotatable bonds is 7. The number of aromatic nitrogens is 4. The quantitative estimate of drug-likeness (QED) is 0.243. The summed E-state index contributed by atoms with van der Waals surface area (Å²) in [6, 6.07) is -1.84. The number of aliphatic hydroxyl groups excluding tert-OH is 3. The van der Waals surface area contributed by atoms with E-state index in [1.807, 2.05) is 13.1 Å². The van der Waals surface area contributed by atoms with Crippen molar-refractivity contribution in [2.24, 2.45) is 0 Å². The minimum Gasteiger partial charge on any atom is -0.467 e. The Bertz CT molecular complexity index is 1120. The molecule has 0 radical (unpaired) electrons. The zero-order valence-electron chi connectivity index (χ0n) is 22.0. The Hall–Kier alpha value is -2.69. The highest BCUT2D eigenvalue weighted by molar-refractivity contribution is 6.74. The molecule has 0 unspecified atom stereocenters. The van der Waals surface area contributed by atoms with Crippen molar-refractivity contribution in [3.05, 3.63) is 12.7 Å². The molecule has 6 atom stereocenters. The van der Waals surface area contributed by atoms with Crippen LogP contribution in [0.4, 0.5) is 10.6 Å². The van der Waals surface area contributed by atoms with Crippen LogP contribution < -0.4 is 10.6 Å². The van der Waals surface area contributed by atoms with Gasteiger partial charge in [-0.2, -0.15) is 0 Å². The smallest absolute Gasteiger partial charge is 0.331 e. The topological polar surface area (TPSA) is 190 Å².